The lowest BCUT2D eigenvalue weighted by Gasteiger charge is -2.05. The third-order valence-electron chi connectivity index (χ3n) is 4.12. The first-order chi connectivity index (χ1) is 13.6. The molecule has 0 aliphatic heterocycles. The highest BCUT2D eigenvalue weighted by molar-refractivity contribution is 5.78. The minimum absolute atomic E-state index is 0.0787. The number of aromatic amines is 1. The summed E-state index contributed by atoms with van der Waals surface area (Å²) in [6.07, 6.45) is 1.57. The van der Waals surface area contributed by atoms with Gasteiger partial charge in [0.1, 0.15) is 11.3 Å². The number of benzene rings is 1. The van der Waals surface area contributed by atoms with Crippen molar-refractivity contribution in [2.75, 3.05) is 0 Å². The van der Waals surface area contributed by atoms with Gasteiger partial charge >= 0.3 is 0 Å². The lowest BCUT2D eigenvalue weighted by molar-refractivity contribution is -0.120. The summed E-state index contributed by atoms with van der Waals surface area (Å²) in [6.45, 7) is 0.284. The maximum atomic E-state index is 13.1. The van der Waals surface area contributed by atoms with Gasteiger partial charge in [-0.15, -0.1) is 0 Å². The molecule has 0 unspecified atom stereocenters. The van der Waals surface area contributed by atoms with Gasteiger partial charge in [-0.25, -0.2) is 14.0 Å². The van der Waals surface area contributed by atoms with Crippen molar-refractivity contribution >= 4 is 11.4 Å². The molecular weight excluding hydrogens is 363 g/mol. The van der Waals surface area contributed by atoms with E-state index in [1.165, 1.54) is 16.6 Å². The van der Waals surface area contributed by atoms with Crippen molar-refractivity contribution in [1.82, 2.24) is 30.1 Å². The van der Waals surface area contributed by atoms with E-state index < -0.39 is 5.56 Å². The molecule has 0 aliphatic carbocycles. The molecular formula is C19H15FN6O2. The fourth-order valence-electron chi connectivity index (χ4n) is 2.73. The SMILES string of the molecule is O=C(Cc1n[nH]c(=O)c2cc(-c3ccc(F)cc3)nn12)NCc1ccccn1. The zero-order valence-electron chi connectivity index (χ0n) is 14.6. The van der Waals surface area contributed by atoms with E-state index in [-0.39, 0.29) is 36.0 Å². The molecule has 8 nitrogen and oxygen atoms in total. The normalized spacial score (nSPS) is 10.9. The van der Waals surface area contributed by atoms with Crippen LogP contribution in [0.4, 0.5) is 4.39 Å². The molecule has 1 aromatic carbocycles. The van der Waals surface area contributed by atoms with Crippen LogP contribution in [0.1, 0.15) is 11.5 Å². The summed E-state index contributed by atoms with van der Waals surface area (Å²) >= 11 is 0. The lowest BCUT2D eigenvalue weighted by Crippen LogP contribution is -2.27. The number of aromatic nitrogens is 5. The van der Waals surface area contributed by atoms with Crippen molar-refractivity contribution in [3.63, 3.8) is 0 Å². The van der Waals surface area contributed by atoms with Gasteiger partial charge in [-0.1, -0.05) is 6.07 Å². The Balaban J connectivity index is 1.58. The number of hydrogen-bond donors (Lipinski definition) is 2. The molecule has 0 atom stereocenters. The van der Waals surface area contributed by atoms with E-state index in [0.717, 1.165) is 5.69 Å². The Morgan fingerprint density at radius 2 is 2.00 bits per heavy atom. The molecule has 0 saturated carbocycles. The minimum Gasteiger partial charge on any atom is -0.350 e. The molecule has 0 saturated heterocycles. The summed E-state index contributed by atoms with van der Waals surface area (Å²) in [5.74, 6) is -0.371. The maximum Gasteiger partial charge on any atom is 0.290 e. The zero-order valence-corrected chi connectivity index (χ0v) is 14.6. The Bertz CT molecular complexity index is 1180. The van der Waals surface area contributed by atoms with Crippen molar-refractivity contribution in [2.45, 2.75) is 13.0 Å². The van der Waals surface area contributed by atoms with E-state index in [2.05, 4.69) is 25.6 Å². The topological polar surface area (TPSA) is 105 Å². The predicted molar refractivity (Wildman–Crippen MR) is 98.8 cm³/mol. The number of halogens is 1. The van der Waals surface area contributed by atoms with E-state index >= 15 is 0 Å². The van der Waals surface area contributed by atoms with Crippen LogP contribution in [0.2, 0.25) is 0 Å². The van der Waals surface area contributed by atoms with Gasteiger partial charge < -0.3 is 5.32 Å². The molecule has 0 spiro atoms. The van der Waals surface area contributed by atoms with E-state index in [4.69, 9.17) is 0 Å². The van der Waals surface area contributed by atoms with Crippen molar-refractivity contribution in [3.8, 4) is 11.3 Å². The Hall–Kier alpha value is -3.88. The second kappa shape index (κ2) is 7.39. The monoisotopic (exact) mass is 378 g/mol. The third-order valence-corrected chi connectivity index (χ3v) is 4.12. The summed E-state index contributed by atoms with van der Waals surface area (Å²) in [6, 6.07) is 12.8. The molecule has 140 valence electrons. The smallest absolute Gasteiger partial charge is 0.290 e. The molecule has 4 rings (SSSR count). The fraction of sp³-hybridized carbons (Fsp3) is 0.105. The molecule has 1 amide bonds. The van der Waals surface area contributed by atoms with E-state index in [9.17, 15) is 14.0 Å². The number of carbonyl (C=O) groups excluding carboxylic acids is 1. The Morgan fingerprint density at radius 1 is 1.18 bits per heavy atom. The molecule has 0 radical (unpaired) electrons. The van der Waals surface area contributed by atoms with Crippen LogP contribution in [0.3, 0.4) is 0 Å². The molecule has 0 aliphatic rings. The molecule has 4 aromatic rings. The number of hydrogen-bond acceptors (Lipinski definition) is 5. The van der Waals surface area contributed by atoms with Crippen molar-refractivity contribution in [1.29, 1.82) is 0 Å². The van der Waals surface area contributed by atoms with E-state index in [1.54, 1.807) is 36.5 Å². The minimum atomic E-state index is -0.432. The Labute approximate surface area is 158 Å². The number of nitrogens with one attached hydrogen (secondary N) is 2. The standard InChI is InChI=1S/C19H15FN6O2/c20-13-6-4-12(5-7-13)15-9-16-19(28)24-23-17(26(16)25-15)10-18(27)22-11-14-3-1-2-8-21-14/h1-9H,10-11H2,(H,22,27)(H,24,28). The number of fused-ring (bicyclic) bond motifs is 1. The van der Waals surface area contributed by atoms with Crippen molar-refractivity contribution in [3.05, 3.63) is 82.4 Å². The van der Waals surface area contributed by atoms with Gasteiger partial charge in [-0.2, -0.15) is 10.2 Å². The number of pyridine rings is 1. The molecule has 28 heavy (non-hydrogen) atoms. The van der Waals surface area contributed by atoms with Gasteiger partial charge in [0.2, 0.25) is 5.91 Å². The van der Waals surface area contributed by atoms with Gasteiger partial charge in [0.05, 0.1) is 24.4 Å². The second-order valence-electron chi connectivity index (χ2n) is 6.08. The average molecular weight is 378 g/mol. The van der Waals surface area contributed by atoms with Crippen LogP contribution >= 0.6 is 0 Å². The number of nitrogens with zero attached hydrogens (tertiary/aromatic N) is 4. The van der Waals surface area contributed by atoms with Crippen molar-refractivity contribution < 1.29 is 9.18 Å². The van der Waals surface area contributed by atoms with Crippen LogP contribution in [0.25, 0.3) is 16.8 Å². The summed E-state index contributed by atoms with van der Waals surface area (Å²) in [5.41, 5.74) is 1.68. The third kappa shape index (κ3) is 3.63. The summed E-state index contributed by atoms with van der Waals surface area (Å²) < 4.78 is 14.5. The van der Waals surface area contributed by atoms with Crippen LogP contribution in [0.15, 0.2) is 59.5 Å². The molecule has 3 aromatic heterocycles. The van der Waals surface area contributed by atoms with Crippen LogP contribution < -0.4 is 10.9 Å². The number of rotatable bonds is 5. The highest BCUT2D eigenvalue weighted by atomic mass is 19.1. The van der Waals surface area contributed by atoms with Gasteiger partial charge in [0.15, 0.2) is 5.82 Å². The highest BCUT2D eigenvalue weighted by Gasteiger charge is 2.14. The zero-order chi connectivity index (χ0) is 19.5. The van der Waals surface area contributed by atoms with Gasteiger partial charge in [0, 0.05) is 11.8 Å². The first-order valence-electron chi connectivity index (χ1n) is 8.50. The summed E-state index contributed by atoms with van der Waals surface area (Å²) in [7, 11) is 0. The quantitative estimate of drug-likeness (QED) is 0.547. The van der Waals surface area contributed by atoms with Crippen LogP contribution in [-0.4, -0.2) is 30.7 Å². The van der Waals surface area contributed by atoms with Crippen molar-refractivity contribution in [2.24, 2.45) is 0 Å². The maximum absolute atomic E-state index is 13.1. The largest absolute Gasteiger partial charge is 0.350 e. The van der Waals surface area contributed by atoms with Gasteiger partial charge in [-0.05, 0) is 42.5 Å². The Kier molecular flexibility index (Phi) is 4.63. The second-order valence-corrected chi connectivity index (χ2v) is 6.08. The fourth-order valence-corrected chi connectivity index (χ4v) is 2.73. The van der Waals surface area contributed by atoms with Crippen LogP contribution in [-0.2, 0) is 17.8 Å². The van der Waals surface area contributed by atoms with Gasteiger partial charge in [0.25, 0.3) is 5.56 Å². The predicted octanol–water partition coefficient (Wildman–Crippen LogP) is 1.48. The molecule has 2 N–H and O–H groups in total. The highest BCUT2D eigenvalue weighted by Crippen LogP contribution is 2.19. The Morgan fingerprint density at radius 3 is 2.75 bits per heavy atom. The van der Waals surface area contributed by atoms with Crippen LogP contribution in [0, 0.1) is 5.82 Å². The van der Waals surface area contributed by atoms with Crippen LogP contribution in [0.5, 0.6) is 0 Å². The first-order valence-corrected chi connectivity index (χ1v) is 8.50. The van der Waals surface area contributed by atoms with Gasteiger partial charge in [-0.3, -0.25) is 14.6 Å². The summed E-state index contributed by atoms with van der Waals surface area (Å²) in [4.78, 5) is 28.5. The lowest BCUT2D eigenvalue weighted by atomic mass is 10.1. The number of carbonyl (C=O) groups is 1. The molecule has 0 fully saturated rings. The van der Waals surface area contributed by atoms with E-state index in [1.807, 2.05) is 6.07 Å². The average Bonchev–Trinajstić information content (AvgIpc) is 3.16. The number of amides is 1. The van der Waals surface area contributed by atoms with E-state index in [0.29, 0.717) is 11.3 Å². The molecule has 9 heteroatoms. The number of H-pyrrole nitrogens is 1. The summed E-state index contributed by atoms with van der Waals surface area (Å²) in [5, 5.41) is 13.4. The molecule has 3 heterocycles. The molecule has 0 bridgehead atoms. The first kappa shape index (κ1) is 17.5.